The van der Waals surface area contributed by atoms with Crippen LogP contribution in [-0.4, -0.2) is 54.5 Å². The summed E-state index contributed by atoms with van der Waals surface area (Å²) in [6.07, 6.45) is 0.392. The second kappa shape index (κ2) is 7.35. The number of nitrogens with one attached hydrogen (secondary N) is 1. The van der Waals surface area contributed by atoms with E-state index >= 15 is 0 Å². The zero-order valence-corrected chi connectivity index (χ0v) is 14.2. The van der Waals surface area contributed by atoms with Crippen molar-refractivity contribution < 1.29 is 14.3 Å². The minimum Gasteiger partial charge on any atom is -0.378 e. The molecule has 6 heteroatoms. The molecule has 0 bridgehead atoms. The predicted octanol–water partition coefficient (Wildman–Crippen LogP) is 1.94. The van der Waals surface area contributed by atoms with Crippen LogP contribution in [-0.2, 0) is 9.53 Å². The summed E-state index contributed by atoms with van der Waals surface area (Å²) in [5, 5.41) is 4.87. The van der Waals surface area contributed by atoms with Crippen LogP contribution in [0.3, 0.4) is 0 Å². The van der Waals surface area contributed by atoms with Crippen molar-refractivity contribution in [1.82, 2.24) is 10.2 Å². The molecule has 0 spiro atoms. The number of ether oxygens (including phenoxy) is 1. The lowest BCUT2D eigenvalue weighted by atomic mass is 10.1. The maximum atomic E-state index is 12.3. The number of rotatable bonds is 5. The van der Waals surface area contributed by atoms with Crippen LogP contribution in [0.4, 0.5) is 0 Å². The average Bonchev–Trinajstić information content (AvgIpc) is 2.92. The van der Waals surface area contributed by atoms with Crippen molar-refractivity contribution in [2.24, 2.45) is 0 Å². The molecule has 1 aliphatic heterocycles. The SMILES string of the molecule is CC(C)(C)NC(=O)CN1CCOC[C@H]1CC(=O)c1cccs1. The van der Waals surface area contributed by atoms with Gasteiger partial charge in [-0.25, -0.2) is 0 Å². The third kappa shape index (κ3) is 5.19. The summed E-state index contributed by atoms with van der Waals surface area (Å²) in [5.41, 5.74) is -0.244. The van der Waals surface area contributed by atoms with Gasteiger partial charge in [0.2, 0.25) is 5.91 Å². The van der Waals surface area contributed by atoms with Gasteiger partial charge in [0.15, 0.2) is 5.78 Å². The Labute approximate surface area is 135 Å². The van der Waals surface area contributed by atoms with E-state index in [-0.39, 0.29) is 23.3 Å². The van der Waals surface area contributed by atoms with Gasteiger partial charge < -0.3 is 10.1 Å². The van der Waals surface area contributed by atoms with Crippen molar-refractivity contribution in [1.29, 1.82) is 0 Å². The number of thiophene rings is 1. The van der Waals surface area contributed by atoms with Gasteiger partial charge in [-0.2, -0.15) is 0 Å². The highest BCUT2D eigenvalue weighted by Crippen LogP contribution is 2.17. The van der Waals surface area contributed by atoms with E-state index in [1.807, 2.05) is 38.3 Å². The molecule has 0 unspecified atom stereocenters. The Morgan fingerprint density at radius 1 is 1.45 bits per heavy atom. The molecule has 1 aromatic rings. The van der Waals surface area contributed by atoms with E-state index in [1.54, 1.807) is 0 Å². The van der Waals surface area contributed by atoms with Gasteiger partial charge in [-0.1, -0.05) is 6.07 Å². The summed E-state index contributed by atoms with van der Waals surface area (Å²) in [4.78, 5) is 27.2. The second-order valence-corrected chi connectivity index (χ2v) is 7.55. The van der Waals surface area contributed by atoms with Crippen LogP contribution in [0.15, 0.2) is 17.5 Å². The van der Waals surface area contributed by atoms with Crippen LogP contribution in [0.5, 0.6) is 0 Å². The molecule has 5 nitrogen and oxygen atoms in total. The molecule has 22 heavy (non-hydrogen) atoms. The van der Waals surface area contributed by atoms with E-state index in [2.05, 4.69) is 10.2 Å². The van der Waals surface area contributed by atoms with Gasteiger partial charge in [-0.15, -0.1) is 11.3 Å². The molecule has 2 rings (SSSR count). The van der Waals surface area contributed by atoms with Crippen LogP contribution in [0, 0.1) is 0 Å². The lowest BCUT2D eigenvalue weighted by molar-refractivity contribution is -0.126. The first-order valence-electron chi connectivity index (χ1n) is 7.55. The van der Waals surface area contributed by atoms with Crippen LogP contribution in [0.25, 0.3) is 0 Å². The van der Waals surface area contributed by atoms with Crippen LogP contribution >= 0.6 is 11.3 Å². The molecule has 1 aromatic heterocycles. The van der Waals surface area contributed by atoms with E-state index in [0.29, 0.717) is 32.7 Å². The Morgan fingerprint density at radius 2 is 2.23 bits per heavy atom. The number of ketones is 1. The van der Waals surface area contributed by atoms with Crippen LogP contribution in [0.1, 0.15) is 36.9 Å². The number of hydrogen-bond donors (Lipinski definition) is 1. The summed E-state index contributed by atoms with van der Waals surface area (Å²) in [5.74, 6) is 0.106. The molecule has 1 atom stereocenters. The minimum atomic E-state index is -0.244. The van der Waals surface area contributed by atoms with E-state index in [0.717, 1.165) is 4.88 Å². The Balaban J connectivity index is 1.93. The zero-order chi connectivity index (χ0) is 16.2. The summed E-state index contributed by atoms with van der Waals surface area (Å²) >= 11 is 1.45. The van der Waals surface area contributed by atoms with Crippen molar-refractivity contribution in [2.75, 3.05) is 26.3 Å². The quantitative estimate of drug-likeness (QED) is 0.841. The van der Waals surface area contributed by atoms with Crippen molar-refractivity contribution in [3.8, 4) is 0 Å². The summed E-state index contributed by atoms with van der Waals surface area (Å²) in [7, 11) is 0. The van der Waals surface area contributed by atoms with E-state index in [4.69, 9.17) is 4.74 Å². The molecule has 0 aliphatic carbocycles. The summed E-state index contributed by atoms with van der Waals surface area (Å²) in [6.45, 7) is 7.97. The maximum absolute atomic E-state index is 12.3. The smallest absolute Gasteiger partial charge is 0.234 e. The highest BCUT2D eigenvalue weighted by Gasteiger charge is 2.28. The number of carbonyl (C=O) groups is 2. The normalized spacial score (nSPS) is 19.9. The monoisotopic (exact) mass is 324 g/mol. The molecule has 0 aromatic carbocycles. The first-order chi connectivity index (χ1) is 10.3. The summed E-state index contributed by atoms with van der Waals surface area (Å²) in [6, 6.07) is 3.69. The Hall–Kier alpha value is -1.24. The number of hydrogen-bond acceptors (Lipinski definition) is 5. The fraction of sp³-hybridized carbons (Fsp3) is 0.625. The fourth-order valence-corrected chi connectivity index (χ4v) is 3.16. The van der Waals surface area contributed by atoms with Crippen molar-refractivity contribution in [2.45, 2.75) is 38.8 Å². The molecule has 0 radical (unpaired) electrons. The van der Waals surface area contributed by atoms with Gasteiger partial charge in [0.25, 0.3) is 0 Å². The van der Waals surface area contributed by atoms with Gasteiger partial charge in [-0.3, -0.25) is 14.5 Å². The molecular weight excluding hydrogens is 300 g/mol. The molecule has 1 fully saturated rings. The molecule has 1 N–H and O–H groups in total. The van der Waals surface area contributed by atoms with E-state index in [1.165, 1.54) is 11.3 Å². The third-order valence-electron chi connectivity index (χ3n) is 3.43. The average molecular weight is 324 g/mol. The Kier molecular flexibility index (Phi) is 5.72. The standard InChI is InChI=1S/C16H24N2O3S/c1-16(2,3)17-15(20)10-18-6-7-21-11-12(18)9-13(19)14-5-4-8-22-14/h4-5,8,12H,6-7,9-11H2,1-3H3,(H,17,20)/t12-/m1/s1. The predicted molar refractivity (Wildman–Crippen MR) is 87.3 cm³/mol. The number of Topliss-reactive ketones (excluding diaryl/α,β-unsaturated/α-hetero) is 1. The minimum absolute atomic E-state index is 0.0111. The zero-order valence-electron chi connectivity index (χ0n) is 13.4. The van der Waals surface area contributed by atoms with Gasteiger partial charge >= 0.3 is 0 Å². The molecule has 2 heterocycles. The fourth-order valence-electron chi connectivity index (χ4n) is 2.48. The molecule has 122 valence electrons. The number of carbonyl (C=O) groups excluding carboxylic acids is 2. The largest absolute Gasteiger partial charge is 0.378 e. The lowest BCUT2D eigenvalue weighted by Gasteiger charge is -2.35. The molecule has 1 aliphatic rings. The van der Waals surface area contributed by atoms with Crippen molar-refractivity contribution in [3.63, 3.8) is 0 Å². The number of nitrogens with zero attached hydrogens (tertiary/aromatic N) is 1. The first-order valence-corrected chi connectivity index (χ1v) is 8.42. The van der Waals surface area contributed by atoms with Gasteiger partial charge in [0.05, 0.1) is 24.6 Å². The first kappa shape index (κ1) is 17.1. The van der Waals surface area contributed by atoms with Gasteiger partial charge in [0, 0.05) is 24.5 Å². The molecule has 0 saturated carbocycles. The number of morpholine rings is 1. The molecule has 1 saturated heterocycles. The van der Waals surface area contributed by atoms with Gasteiger partial charge in [0.1, 0.15) is 0 Å². The van der Waals surface area contributed by atoms with E-state index in [9.17, 15) is 9.59 Å². The van der Waals surface area contributed by atoms with Crippen molar-refractivity contribution >= 4 is 23.0 Å². The third-order valence-corrected chi connectivity index (χ3v) is 4.34. The highest BCUT2D eigenvalue weighted by molar-refractivity contribution is 7.12. The van der Waals surface area contributed by atoms with Crippen LogP contribution < -0.4 is 5.32 Å². The summed E-state index contributed by atoms with van der Waals surface area (Å²) < 4.78 is 5.49. The maximum Gasteiger partial charge on any atom is 0.234 e. The van der Waals surface area contributed by atoms with Gasteiger partial charge in [-0.05, 0) is 32.2 Å². The highest BCUT2D eigenvalue weighted by atomic mass is 32.1. The number of amides is 1. The lowest BCUT2D eigenvalue weighted by Crippen LogP contribution is -2.52. The topological polar surface area (TPSA) is 58.6 Å². The molecule has 1 amide bonds. The van der Waals surface area contributed by atoms with Crippen LogP contribution in [0.2, 0.25) is 0 Å². The Morgan fingerprint density at radius 3 is 2.86 bits per heavy atom. The van der Waals surface area contributed by atoms with E-state index < -0.39 is 0 Å². The Bertz CT molecular complexity index is 508. The molecular formula is C16H24N2O3S. The van der Waals surface area contributed by atoms with Crippen molar-refractivity contribution in [3.05, 3.63) is 22.4 Å². The second-order valence-electron chi connectivity index (χ2n) is 6.60.